The summed E-state index contributed by atoms with van der Waals surface area (Å²) in [6.45, 7) is 2.16. The molecule has 3 N–H and O–H groups in total. The number of phenolic OH excluding ortho intramolecular Hbond substituents is 1. The van der Waals surface area contributed by atoms with Crippen molar-refractivity contribution in [1.29, 1.82) is 0 Å². The molecular formula is C12H17ClN2O. The Morgan fingerprint density at radius 2 is 2.19 bits per heavy atom. The number of hydrogen-bond acceptors (Lipinski definition) is 3. The molecule has 1 fully saturated rings. The first-order valence-electron chi connectivity index (χ1n) is 5.71. The van der Waals surface area contributed by atoms with E-state index in [0.717, 1.165) is 25.2 Å². The van der Waals surface area contributed by atoms with Crippen molar-refractivity contribution in [2.24, 2.45) is 0 Å². The molecule has 0 spiro atoms. The first-order chi connectivity index (χ1) is 7.75. The molecule has 1 aliphatic rings. The molecule has 0 saturated carbocycles. The average molecular weight is 241 g/mol. The molecule has 1 saturated heterocycles. The Bertz CT molecular complexity index is 349. The Kier molecular flexibility index (Phi) is 3.91. The van der Waals surface area contributed by atoms with E-state index in [4.69, 9.17) is 11.6 Å². The molecule has 0 bridgehead atoms. The van der Waals surface area contributed by atoms with Gasteiger partial charge in [-0.05, 0) is 50.6 Å². The molecule has 0 aliphatic carbocycles. The predicted octanol–water partition coefficient (Wildman–Crippen LogP) is 2.60. The van der Waals surface area contributed by atoms with Crippen molar-refractivity contribution in [1.82, 2.24) is 5.32 Å². The fourth-order valence-corrected chi connectivity index (χ4v) is 2.18. The van der Waals surface area contributed by atoms with Gasteiger partial charge in [0.25, 0.3) is 0 Å². The van der Waals surface area contributed by atoms with Gasteiger partial charge in [0.05, 0.1) is 5.02 Å². The van der Waals surface area contributed by atoms with Crippen molar-refractivity contribution >= 4 is 17.3 Å². The number of rotatable bonds is 2. The highest BCUT2D eigenvalue weighted by atomic mass is 35.5. The molecular weight excluding hydrogens is 224 g/mol. The van der Waals surface area contributed by atoms with Gasteiger partial charge in [-0.3, -0.25) is 0 Å². The molecule has 2 rings (SSSR count). The number of anilines is 1. The van der Waals surface area contributed by atoms with Crippen LogP contribution >= 0.6 is 11.6 Å². The first kappa shape index (κ1) is 11.6. The van der Waals surface area contributed by atoms with Crippen LogP contribution < -0.4 is 10.6 Å². The highest BCUT2D eigenvalue weighted by molar-refractivity contribution is 6.32. The van der Waals surface area contributed by atoms with Crippen LogP contribution in [0.2, 0.25) is 5.02 Å². The van der Waals surface area contributed by atoms with Gasteiger partial charge in [0.1, 0.15) is 5.75 Å². The second-order valence-corrected chi connectivity index (χ2v) is 4.60. The number of halogens is 1. The van der Waals surface area contributed by atoms with Gasteiger partial charge in [0.2, 0.25) is 0 Å². The van der Waals surface area contributed by atoms with Crippen LogP contribution in [0.3, 0.4) is 0 Å². The third-order valence-electron chi connectivity index (χ3n) is 2.89. The van der Waals surface area contributed by atoms with E-state index < -0.39 is 0 Å². The molecule has 16 heavy (non-hydrogen) atoms. The summed E-state index contributed by atoms with van der Waals surface area (Å²) in [5.74, 6) is 0.134. The fourth-order valence-electron chi connectivity index (χ4n) is 2.00. The Morgan fingerprint density at radius 1 is 1.31 bits per heavy atom. The monoisotopic (exact) mass is 240 g/mol. The maximum atomic E-state index is 9.32. The van der Waals surface area contributed by atoms with Gasteiger partial charge in [0.15, 0.2) is 0 Å². The largest absolute Gasteiger partial charge is 0.506 e. The smallest absolute Gasteiger partial charge is 0.134 e. The summed E-state index contributed by atoms with van der Waals surface area (Å²) in [6, 6.07) is 5.75. The van der Waals surface area contributed by atoms with Crippen LogP contribution in [0.1, 0.15) is 19.3 Å². The van der Waals surface area contributed by atoms with E-state index in [0.29, 0.717) is 11.1 Å². The van der Waals surface area contributed by atoms with Crippen molar-refractivity contribution in [3.63, 3.8) is 0 Å². The second-order valence-electron chi connectivity index (χ2n) is 4.19. The zero-order valence-electron chi connectivity index (χ0n) is 9.17. The zero-order chi connectivity index (χ0) is 11.4. The number of nitrogens with one attached hydrogen (secondary N) is 2. The summed E-state index contributed by atoms with van der Waals surface area (Å²) in [5, 5.41) is 16.6. The van der Waals surface area contributed by atoms with Crippen LogP contribution in [0.5, 0.6) is 5.75 Å². The third-order valence-corrected chi connectivity index (χ3v) is 3.20. The van der Waals surface area contributed by atoms with Gasteiger partial charge in [-0.1, -0.05) is 11.6 Å². The van der Waals surface area contributed by atoms with Gasteiger partial charge in [0, 0.05) is 11.7 Å². The predicted molar refractivity (Wildman–Crippen MR) is 67.2 cm³/mol. The van der Waals surface area contributed by atoms with E-state index >= 15 is 0 Å². The zero-order valence-corrected chi connectivity index (χ0v) is 9.93. The molecule has 88 valence electrons. The second kappa shape index (κ2) is 5.41. The molecule has 4 heteroatoms. The standard InChI is InChI=1S/C12H17ClN2O/c13-11-8-10(3-4-12(11)16)15-9-2-1-6-14-7-5-9/h3-4,8-9,14-16H,1-2,5-7H2. The van der Waals surface area contributed by atoms with E-state index in [1.165, 1.54) is 12.8 Å². The lowest BCUT2D eigenvalue weighted by atomic mass is 10.1. The third kappa shape index (κ3) is 3.03. The van der Waals surface area contributed by atoms with Crippen molar-refractivity contribution in [3.8, 4) is 5.75 Å². The molecule has 1 aromatic rings. The molecule has 1 aromatic carbocycles. The number of hydrogen-bond donors (Lipinski definition) is 3. The Morgan fingerprint density at radius 3 is 3.00 bits per heavy atom. The Labute approximate surface area is 101 Å². The lowest BCUT2D eigenvalue weighted by Gasteiger charge is -2.17. The van der Waals surface area contributed by atoms with E-state index in [-0.39, 0.29) is 5.75 Å². The summed E-state index contributed by atoms with van der Waals surface area (Å²) in [7, 11) is 0. The fraction of sp³-hybridized carbons (Fsp3) is 0.500. The topological polar surface area (TPSA) is 44.3 Å². The van der Waals surface area contributed by atoms with Crippen LogP contribution in [0.4, 0.5) is 5.69 Å². The number of benzene rings is 1. The number of phenols is 1. The molecule has 0 aromatic heterocycles. The summed E-state index contributed by atoms with van der Waals surface area (Å²) < 4.78 is 0. The average Bonchev–Trinajstić information content (AvgIpc) is 2.52. The van der Waals surface area contributed by atoms with Gasteiger partial charge < -0.3 is 15.7 Å². The molecule has 1 unspecified atom stereocenters. The van der Waals surface area contributed by atoms with Crippen LogP contribution in [-0.2, 0) is 0 Å². The minimum atomic E-state index is 0.134. The quantitative estimate of drug-likeness (QED) is 0.697. The minimum absolute atomic E-state index is 0.134. The highest BCUT2D eigenvalue weighted by Gasteiger charge is 2.11. The first-order valence-corrected chi connectivity index (χ1v) is 6.09. The van der Waals surface area contributed by atoms with Crippen LogP contribution in [-0.4, -0.2) is 24.2 Å². The van der Waals surface area contributed by atoms with Crippen LogP contribution in [0, 0.1) is 0 Å². The number of aromatic hydroxyl groups is 1. The minimum Gasteiger partial charge on any atom is -0.506 e. The molecule has 3 nitrogen and oxygen atoms in total. The summed E-state index contributed by atoms with van der Waals surface area (Å²) in [4.78, 5) is 0. The van der Waals surface area contributed by atoms with Crippen molar-refractivity contribution in [2.45, 2.75) is 25.3 Å². The highest BCUT2D eigenvalue weighted by Crippen LogP contribution is 2.27. The van der Waals surface area contributed by atoms with Gasteiger partial charge in [-0.25, -0.2) is 0 Å². The normalized spacial score (nSPS) is 21.4. The summed E-state index contributed by atoms with van der Waals surface area (Å²) in [6.07, 6.45) is 3.49. The van der Waals surface area contributed by atoms with Crippen LogP contribution in [0.25, 0.3) is 0 Å². The van der Waals surface area contributed by atoms with E-state index in [9.17, 15) is 5.11 Å². The van der Waals surface area contributed by atoms with E-state index in [1.54, 1.807) is 12.1 Å². The van der Waals surface area contributed by atoms with E-state index in [1.807, 2.05) is 6.07 Å². The molecule has 0 radical (unpaired) electrons. The van der Waals surface area contributed by atoms with Crippen molar-refractivity contribution < 1.29 is 5.11 Å². The molecule has 1 atom stereocenters. The molecule has 0 amide bonds. The Balaban J connectivity index is 1.99. The summed E-state index contributed by atoms with van der Waals surface area (Å²) in [5.41, 5.74) is 0.981. The van der Waals surface area contributed by atoms with Crippen molar-refractivity contribution in [3.05, 3.63) is 23.2 Å². The lowest BCUT2D eigenvalue weighted by molar-refractivity contribution is 0.475. The van der Waals surface area contributed by atoms with Gasteiger partial charge in [-0.2, -0.15) is 0 Å². The summed E-state index contributed by atoms with van der Waals surface area (Å²) >= 11 is 5.86. The molecule has 1 heterocycles. The molecule has 1 aliphatic heterocycles. The van der Waals surface area contributed by atoms with Gasteiger partial charge in [-0.15, -0.1) is 0 Å². The SMILES string of the molecule is Oc1ccc(NC2CCCNCC2)cc1Cl. The van der Waals surface area contributed by atoms with E-state index in [2.05, 4.69) is 10.6 Å². The maximum Gasteiger partial charge on any atom is 0.134 e. The van der Waals surface area contributed by atoms with Crippen molar-refractivity contribution in [2.75, 3.05) is 18.4 Å². The van der Waals surface area contributed by atoms with Gasteiger partial charge >= 0.3 is 0 Å². The lowest BCUT2D eigenvalue weighted by Crippen LogP contribution is -2.21. The Hall–Kier alpha value is -0.930. The maximum absolute atomic E-state index is 9.32. The van der Waals surface area contributed by atoms with Crippen LogP contribution in [0.15, 0.2) is 18.2 Å².